The van der Waals surface area contributed by atoms with Crippen molar-refractivity contribution in [1.29, 1.82) is 0 Å². The van der Waals surface area contributed by atoms with Crippen LogP contribution in [0.15, 0.2) is 9.05 Å². The van der Waals surface area contributed by atoms with E-state index in [4.69, 9.17) is 9.05 Å². The first-order valence-electron chi connectivity index (χ1n) is 5.29. The Kier molecular flexibility index (Phi) is 3.20. The molecular weight excluding hydrogens is 258 g/mol. The molecule has 7 nitrogen and oxygen atoms in total. The molecule has 8 heteroatoms. The van der Waals surface area contributed by atoms with Crippen LogP contribution >= 0.6 is 0 Å². The van der Waals surface area contributed by atoms with Crippen molar-refractivity contribution in [3.63, 3.8) is 0 Å². The third-order valence-electron chi connectivity index (χ3n) is 2.46. The van der Waals surface area contributed by atoms with Crippen molar-refractivity contribution in [2.75, 3.05) is 0 Å². The summed E-state index contributed by atoms with van der Waals surface area (Å²) in [7, 11) is -3.39. The molecule has 0 aromatic carbocycles. The minimum absolute atomic E-state index is 0.0965. The molecule has 0 spiro atoms. The molecule has 0 amide bonds. The lowest BCUT2D eigenvalue weighted by molar-refractivity contribution is 0.384. The first kappa shape index (κ1) is 12.7. The van der Waals surface area contributed by atoms with Crippen molar-refractivity contribution in [2.45, 2.75) is 32.3 Å². The highest BCUT2D eigenvalue weighted by atomic mass is 32.2. The van der Waals surface area contributed by atoms with Crippen molar-refractivity contribution in [2.24, 2.45) is 0 Å². The average Bonchev–Trinajstić information content (AvgIpc) is 2.78. The highest BCUT2D eigenvalue weighted by Crippen LogP contribution is 2.18. The normalized spacial score (nSPS) is 11.9. The minimum atomic E-state index is -3.39. The van der Waals surface area contributed by atoms with E-state index in [0.29, 0.717) is 22.8 Å². The van der Waals surface area contributed by atoms with Gasteiger partial charge in [-0.2, -0.15) is 4.98 Å². The molecule has 0 fully saturated rings. The van der Waals surface area contributed by atoms with E-state index in [1.54, 1.807) is 20.8 Å². The lowest BCUT2D eigenvalue weighted by Crippen LogP contribution is -2.09. The van der Waals surface area contributed by atoms with Crippen molar-refractivity contribution in [3.8, 4) is 0 Å². The van der Waals surface area contributed by atoms with Crippen LogP contribution in [-0.2, 0) is 21.3 Å². The van der Waals surface area contributed by atoms with Gasteiger partial charge in [0.1, 0.15) is 11.5 Å². The third kappa shape index (κ3) is 2.76. The van der Waals surface area contributed by atoms with Gasteiger partial charge in [0.05, 0.1) is 11.4 Å². The summed E-state index contributed by atoms with van der Waals surface area (Å²) in [4.78, 5) is 3.87. The zero-order valence-electron chi connectivity index (χ0n) is 10.3. The number of aromatic nitrogens is 3. The summed E-state index contributed by atoms with van der Waals surface area (Å²) in [5.41, 5.74) is 1.17. The molecule has 18 heavy (non-hydrogen) atoms. The monoisotopic (exact) mass is 271 g/mol. The molecule has 2 rings (SSSR count). The number of aryl methyl sites for hydroxylation is 3. The summed E-state index contributed by atoms with van der Waals surface area (Å²) in [6.07, 6.45) is 0. The van der Waals surface area contributed by atoms with E-state index < -0.39 is 9.84 Å². The first-order valence-corrected chi connectivity index (χ1v) is 7.11. The minimum Gasteiger partial charge on any atom is -0.361 e. The van der Waals surface area contributed by atoms with Gasteiger partial charge in [-0.3, -0.25) is 0 Å². The number of rotatable bonds is 4. The van der Waals surface area contributed by atoms with Crippen LogP contribution < -0.4 is 0 Å². The fraction of sp³-hybridized carbons (Fsp3) is 0.500. The SMILES string of the molecule is Cc1noc(CS(=O)(=O)Cc2c(C)noc2C)n1. The molecule has 0 aliphatic rings. The quantitative estimate of drug-likeness (QED) is 0.820. The fourth-order valence-corrected chi connectivity index (χ4v) is 3.01. The third-order valence-corrected chi connectivity index (χ3v) is 3.87. The summed E-state index contributed by atoms with van der Waals surface area (Å²) in [6.45, 7) is 5.02. The summed E-state index contributed by atoms with van der Waals surface area (Å²) in [5, 5.41) is 7.27. The van der Waals surface area contributed by atoms with Gasteiger partial charge < -0.3 is 9.05 Å². The van der Waals surface area contributed by atoms with Gasteiger partial charge in [0.25, 0.3) is 0 Å². The molecule has 2 aromatic heterocycles. The standard InChI is InChI=1S/C10H13N3O4S/c1-6-9(7(2)16-12-6)4-18(14,15)5-10-11-8(3)13-17-10/h4-5H2,1-3H3. The molecule has 98 valence electrons. The molecule has 2 aromatic rings. The average molecular weight is 271 g/mol. The topological polar surface area (TPSA) is 99.1 Å². The second-order valence-corrected chi connectivity index (χ2v) is 6.13. The molecule has 0 saturated heterocycles. The molecule has 0 radical (unpaired) electrons. The number of sulfone groups is 1. The van der Waals surface area contributed by atoms with Crippen molar-refractivity contribution >= 4 is 9.84 Å². The van der Waals surface area contributed by atoms with E-state index in [2.05, 4.69) is 15.3 Å². The largest absolute Gasteiger partial charge is 0.361 e. The van der Waals surface area contributed by atoms with Crippen molar-refractivity contribution < 1.29 is 17.5 Å². The molecule has 0 saturated carbocycles. The number of hydrogen-bond donors (Lipinski definition) is 0. The Morgan fingerprint density at radius 3 is 2.28 bits per heavy atom. The van der Waals surface area contributed by atoms with Crippen molar-refractivity contribution in [3.05, 3.63) is 28.7 Å². The molecule has 0 aliphatic heterocycles. The zero-order valence-corrected chi connectivity index (χ0v) is 11.1. The summed E-state index contributed by atoms with van der Waals surface area (Å²) in [5.74, 6) is 0.600. The van der Waals surface area contributed by atoms with Crippen LogP contribution in [0.25, 0.3) is 0 Å². The van der Waals surface area contributed by atoms with E-state index in [0.717, 1.165) is 0 Å². The number of hydrogen-bond acceptors (Lipinski definition) is 7. The van der Waals surface area contributed by atoms with Gasteiger partial charge in [-0.1, -0.05) is 10.3 Å². The van der Waals surface area contributed by atoms with E-state index in [1.165, 1.54) is 0 Å². The van der Waals surface area contributed by atoms with E-state index in [-0.39, 0.29) is 17.4 Å². The number of nitrogens with zero attached hydrogens (tertiary/aromatic N) is 3. The predicted octanol–water partition coefficient (Wildman–Crippen LogP) is 1.10. The maximum Gasteiger partial charge on any atom is 0.241 e. The second-order valence-electron chi connectivity index (χ2n) is 4.07. The highest BCUT2D eigenvalue weighted by molar-refractivity contribution is 7.89. The first-order chi connectivity index (χ1) is 8.37. The second kappa shape index (κ2) is 4.52. The maximum atomic E-state index is 12.0. The van der Waals surface area contributed by atoms with E-state index in [1.807, 2.05) is 0 Å². The van der Waals surface area contributed by atoms with Gasteiger partial charge in [-0.25, -0.2) is 8.42 Å². The van der Waals surface area contributed by atoms with Gasteiger partial charge in [0.2, 0.25) is 5.89 Å². The van der Waals surface area contributed by atoms with Crippen LogP contribution in [0.2, 0.25) is 0 Å². The van der Waals surface area contributed by atoms with Crippen LogP contribution in [0.1, 0.15) is 28.7 Å². The van der Waals surface area contributed by atoms with E-state index in [9.17, 15) is 8.42 Å². The Labute approximate surface area is 104 Å². The lowest BCUT2D eigenvalue weighted by Gasteiger charge is -2.00. The fourth-order valence-electron chi connectivity index (χ4n) is 1.57. The predicted molar refractivity (Wildman–Crippen MR) is 61.3 cm³/mol. The molecule has 0 aliphatic carbocycles. The van der Waals surface area contributed by atoms with Gasteiger partial charge in [-0.05, 0) is 20.8 Å². The smallest absolute Gasteiger partial charge is 0.241 e. The van der Waals surface area contributed by atoms with Crippen LogP contribution in [0.5, 0.6) is 0 Å². The Balaban J connectivity index is 2.18. The molecule has 0 bridgehead atoms. The van der Waals surface area contributed by atoms with E-state index >= 15 is 0 Å². The maximum absolute atomic E-state index is 12.0. The Morgan fingerprint density at radius 1 is 1.06 bits per heavy atom. The summed E-state index contributed by atoms with van der Waals surface area (Å²) >= 11 is 0. The van der Waals surface area contributed by atoms with Gasteiger partial charge >= 0.3 is 0 Å². The van der Waals surface area contributed by atoms with Gasteiger partial charge in [-0.15, -0.1) is 0 Å². The summed E-state index contributed by atoms with van der Waals surface area (Å²) in [6, 6.07) is 0. The summed E-state index contributed by atoms with van der Waals surface area (Å²) < 4.78 is 33.7. The molecule has 2 heterocycles. The van der Waals surface area contributed by atoms with Crippen LogP contribution in [-0.4, -0.2) is 23.7 Å². The Morgan fingerprint density at radius 2 is 1.78 bits per heavy atom. The van der Waals surface area contributed by atoms with Gasteiger partial charge in [0, 0.05) is 5.56 Å². The van der Waals surface area contributed by atoms with Crippen LogP contribution in [0.4, 0.5) is 0 Å². The van der Waals surface area contributed by atoms with Crippen LogP contribution in [0.3, 0.4) is 0 Å². The lowest BCUT2D eigenvalue weighted by atomic mass is 10.2. The molecule has 0 atom stereocenters. The van der Waals surface area contributed by atoms with Crippen LogP contribution in [0, 0.1) is 20.8 Å². The van der Waals surface area contributed by atoms with Crippen molar-refractivity contribution in [1.82, 2.24) is 15.3 Å². The Hall–Kier alpha value is -1.70. The highest BCUT2D eigenvalue weighted by Gasteiger charge is 2.21. The molecule has 0 N–H and O–H groups in total. The zero-order chi connectivity index (χ0) is 13.3. The van der Waals surface area contributed by atoms with Gasteiger partial charge in [0.15, 0.2) is 15.7 Å². The molecule has 0 unspecified atom stereocenters. The Bertz CT molecular complexity index is 637. The molecular formula is C10H13N3O4S.